The van der Waals surface area contributed by atoms with Gasteiger partial charge in [-0.2, -0.15) is 0 Å². The van der Waals surface area contributed by atoms with E-state index < -0.39 is 5.97 Å². The fourth-order valence-electron chi connectivity index (χ4n) is 4.65. The van der Waals surface area contributed by atoms with E-state index in [4.69, 9.17) is 4.74 Å². The van der Waals surface area contributed by atoms with E-state index in [1.807, 2.05) is 17.9 Å². The summed E-state index contributed by atoms with van der Waals surface area (Å²) in [6.45, 7) is 4.37. The van der Waals surface area contributed by atoms with Crippen LogP contribution in [-0.4, -0.2) is 70.1 Å². The number of anilines is 1. The molecule has 9 heteroatoms. The zero-order valence-electron chi connectivity index (χ0n) is 17.1. The van der Waals surface area contributed by atoms with Crippen LogP contribution in [0.1, 0.15) is 29.0 Å². The first kappa shape index (κ1) is 20.1. The highest BCUT2D eigenvalue weighted by atomic mass is 16.5. The highest BCUT2D eigenvalue weighted by Crippen LogP contribution is 2.47. The number of aryl methyl sites for hydroxylation is 1. The van der Waals surface area contributed by atoms with Crippen molar-refractivity contribution >= 4 is 17.7 Å². The van der Waals surface area contributed by atoms with Crippen molar-refractivity contribution < 1.29 is 19.4 Å². The lowest BCUT2D eigenvalue weighted by Gasteiger charge is -2.29. The molecule has 0 unspecified atom stereocenters. The number of hydrogen-bond acceptors (Lipinski definition) is 7. The summed E-state index contributed by atoms with van der Waals surface area (Å²) in [6, 6.07) is 5.26. The van der Waals surface area contributed by atoms with Gasteiger partial charge in [0.1, 0.15) is 11.6 Å². The van der Waals surface area contributed by atoms with Gasteiger partial charge < -0.3 is 19.6 Å². The Kier molecular flexibility index (Phi) is 5.27. The minimum Gasteiger partial charge on any atom is -0.481 e. The van der Waals surface area contributed by atoms with Crippen LogP contribution in [0.15, 0.2) is 30.6 Å². The molecule has 0 radical (unpaired) electrons. The zero-order chi connectivity index (χ0) is 21.3. The first-order valence-corrected chi connectivity index (χ1v) is 9.96. The van der Waals surface area contributed by atoms with Crippen molar-refractivity contribution in [3.05, 3.63) is 42.0 Å². The molecule has 2 aliphatic heterocycles. The molecule has 4 heterocycles. The molecule has 2 atom stereocenters. The van der Waals surface area contributed by atoms with E-state index in [1.54, 1.807) is 18.3 Å². The summed E-state index contributed by atoms with van der Waals surface area (Å²) in [5.74, 6) is 1.29. The molecule has 0 aromatic carbocycles. The third-order valence-electron chi connectivity index (χ3n) is 6.16. The van der Waals surface area contributed by atoms with Crippen molar-refractivity contribution in [1.82, 2.24) is 19.9 Å². The van der Waals surface area contributed by atoms with Gasteiger partial charge in [-0.05, 0) is 25.5 Å². The Bertz CT molecular complexity index is 951. The molecule has 2 aromatic heterocycles. The Morgan fingerprint density at radius 3 is 2.73 bits per heavy atom. The smallest absolute Gasteiger partial charge is 0.303 e. The molecule has 0 bridgehead atoms. The number of amides is 1. The van der Waals surface area contributed by atoms with Crippen molar-refractivity contribution in [3.8, 4) is 5.88 Å². The normalized spacial score (nSPS) is 22.8. The van der Waals surface area contributed by atoms with Crippen LogP contribution < -0.4 is 9.64 Å². The third-order valence-corrected chi connectivity index (χ3v) is 6.16. The van der Waals surface area contributed by atoms with Crippen molar-refractivity contribution in [2.24, 2.45) is 11.3 Å². The Morgan fingerprint density at radius 2 is 2.07 bits per heavy atom. The Labute approximate surface area is 174 Å². The van der Waals surface area contributed by atoms with E-state index in [0.29, 0.717) is 43.3 Å². The molecule has 30 heavy (non-hydrogen) atoms. The van der Waals surface area contributed by atoms with Gasteiger partial charge in [-0.25, -0.2) is 15.0 Å². The van der Waals surface area contributed by atoms with Gasteiger partial charge in [0, 0.05) is 62.4 Å². The van der Waals surface area contributed by atoms with Crippen LogP contribution in [0.3, 0.4) is 0 Å². The molecule has 9 nitrogen and oxygen atoms in total. The van der Waals surface area contributed by atoms with Gasteiger partial charge in [-0.1, -0.05) is 0 Å². The number of carboxylic acid groups (broad SMARTS) is 1. The van der Waals surface area contributed by atoms with Crippen molar-refractivity contribution in [1.29, 1.82) is 0 Å². The zero-order valence-corrected chi connectivity index (χ0v) is 17.1. The molecule has 1 amide bonds. The molecule has 2 saturated heterocycles. The average molecular weight is 411 g/mol. The Morgan fingerprint density at radius 1 is 1.23 bits per heavy atom. The fraction of sp³-hybridized carbons (Fsp3) is 0.476. The molecule has 1 N–H and O–H groups in total. The van der Waals surface area contributed by atoms with E-state index >= 15 is 0 Å². The lowest BCUT2D eigenvalue weighted by molar-refractivity contribution is -0.137. The van der Waals surface area contributed by atoms with Crippen LogP contribution in [0, 0.1) is 18.3 Å². The molecule has 0 aliphatic carbocycles. The number of nitrogens with zero attached hydrogens (tertiary/aromatic N) is 5. The first-order chi connectivity index (χ1) is 14.4. The average Bonchev–Trinajstić information content (AvgIpc) is 3.26. The molecule has 2 aliphatic rings. The monoisotopic (exact) mass is 411 g/mol. The largest absolute Gasteiger partial charge is 0.481 e. The van der Waals surface area contributed by atoms with Crippen LogP contribution >= 0.6 is 0 Å². The molecular weight excluding hydrogens is 386 g/mol. The Balaban J connectivity index is 1.54. The number of hydrogen-bond donors (Lipinski definition) is 1. The van der Waals surface area contributed by atoms with E-state index in [9.17, 15) is 14.7 Å². The van der Waals surface area contributed by atoms with E-state index in [-0.39, 0.29) is 23.7 Å². The molecule has 0 saturated carbocycles. The second-order valence-corrected chi connectivity index (χ2v) is 8.07. The van der Waals surface area contributed by atoms with E-state index in [0.717, 1.165) is 12.4 Å². The number of pyridine rings is 1. The number of rotatable bonds is 6. The second kappa shape index (κ2) is 7.89. The van der Waals surface area contributed by atoms with Gasteiger partial charge in [-0.15, -0.1) is 0 Å². The summed E-state index contributed by atoms with van der Waals surface area (Å²) >= 11 is 0. The van der Waals surface area contributed by atoms with Gasteiger partial charge >= 0.3 is 5.97 Å². The maximum absolute atomic E-state index is 13.0. The molecule has 4 rings (SSSR count). The van der Waals surface area contributed by atoms with Crippen LogP contribution in [-0.2, 0) is 4.79 Å². The van der Waals surface area contributed by atoms with Gasteiger partial charge in [-0.3, -0.25) is 9.59 Å². The van der Waals surface area contributed by atoms with Crippen LogP contribution in [0.2, 0.25) is 0 Å². The minimum atomic E-state index is -0.816. The lowest BCUT2D eigenvalue weighted by atomic mass is 9.77. The summed E-state index contributed by atoms with van der Waals surface area (Å²) in [6.07, 6.45) is 3.87. The fourth-order valence-corrected chi connectivity index (χ4v) is 4.65. The summed E-state index contributed by atoms with van der Waals surface area (Å²) in [7, 11) is 1.53. The number of ether oxygens (including phenoxy) is 1. The highest BCUT2D eigenvalue weighted by molar-refractivity contribution is 5.94. The predicted octanol–water partition coefficient (Wildman–Crippen LogP) is 1.63. The molecule has 0 spiro atoms. The summed E-state index contributed by atoms with van der Waals surface area (Å²) in [5, 5.41) is 9.28. The SMILES string of the molecule is COc1ccc(C(=O)N2C[C@@H]3CN(c4ccnc(C)n4)C[C@]3(CCC(=O)O)C2)cn1. The first-order valence-electron chi connectivity index (χ1n) is 9.96. The van der Waals surface area contributed by atoms with E-state index in [1.165, 1.54) is 13.3 Å². The molecule has 158 valence electrons. The Hall–Kier alpha value is -3.23. The number of aliphatic carboxylic acids is 1. The van der Waals surface area contributed by atoms with Crippen LogP contribution in [0.4, 0.5) is 5.82 Å². The molecular formula is C21H25N5O4. The van der Waals surface area contributed by atoms with Crippen molar-refractivity contribution in [2.75, 3.05) is 38.2 Å². The third kappa shape index (κ3) is 3.79. The highest BCUT2D eigenvalue weighted by Gasteiger charge is 2.53. The predicted molar refractivity (Wildman–Crippen MR) is 108 cm³/mol. The van der Waals surface area contributed by atoms with Crippen molar-refractivity contribution in [3.63, 3.8) is 0 Å². The number of fused-ring (bicyclic) bond motifs is 1. The summed E-state index contributed by atoms with van der Waals surface area (Å²) < 4.78 is 5.06. The lowest BCUT2D eigenvalue weighted by Crippen LogP contribution is -2.37. The minimum absolute atomic E-state index is 0.0826. The topological polar surface area (TPSA) is 109 Å². The van der Waals surface area contributed by atoms with Gasteiger partial charge in [0.25, 0.3) is 5.91 Å². The number of carboxylic acids is 1. The summed E-state index contributed by atoms with van der Waals surface area (Å²) in [5.41, 5.74) is 0.236. The van der Waals surface area contributed by atoms with Crippen molar-refractivity contribution in [2.45, 2.75) is 19.8 Å². The maximum atomic E-state index is 13.0. The number of methoxy groups -OCH3 is 1. The molecule has 2 aromatic rings. The standard InChI is InChI=1S/C21H25N5O4/c1-14-22-8-6-17(24-14)25-10-16-11-26(13-21(16,12-25)7-5-19(27)28)20(29)15-3-4-18(30-2)23-9-15/h3-4,6,8-9,16H,5,7,10-13H2,1-2H3,(H,27,28)/t16-,21+/m0/s1. The quantitative estimate of drug-likeness (QED) is 0.764. The number of carbonyl (C=O) groups is 2. The van der Waals surface area contributed by atoms with Crippen LogP contribution in [0.5, 0.6) is 5.88 Å². The van der Waals surface area contributed by atoms with Gasteiger partial charge in [0.05, 0.1) is 12.7 Å². The van der Waals surface area contributed by atoms with Gasteiger partial charge in [0.15, 0.2) is 0 Å². The number of likely N-dealkylation sites (tertiary alicyclic amines) is 1. The number of carbonyl (C=O) groups excluding carboxylic acids is 1. The molecule has 2 fully saturated rings. The number of aromatic nitrogens is 3. The second-order valence-electron chi connectivity index (χ2n) is 8.07. The van der Waals surface area contributed by atoms with Crippen LogP contribution in [0.25, 0.3) is 0 Å². The van der Waals surface area contributed by atoms with Gasteiger partial charge in [0.2, 0.25) is 5.88 Å². The summed E-state index contributed by atoms with van der Waals surface area (Å²) in [4.78, 5) is 41.2. The van der Waals surface area contributed by atoms with E-state index in [2.05, 4.69) is 19.9 Å². The maximum Gasteiger partial charge on any atom is 0.303 e.